The Kier molecular flexibility index (Phi) is 7.88. The fourth-order valence-corrected chi connectivity index (χ4v) is 9.99. The van der Waals surface area contributed by atoms with Crippen LogP contribution in [0.15, 0.2) is 163 Å². The second-order valence-electron chi connectivity index (χ2n) is 15.7. The molecule has 3 heteroatoms. The van der Waals surface area contributed by atoms with E-state index in [9.17, 15) is 5.26 Å². The minimum Gasteiger partial charge on any atom is -0.334 e. The van der Waals surface area contributed by atoms with Crippen LogP contribution in [0.1, 0.15) is 61.3 Å². The number of rotatable bonds is 5. The molecular formula is C51H43N3. The number of allylic oxidation sites excluding steroid dienone is 9. The van der Waals surface area contributed by atoms with Gasteiger partial charge in [0.05, 0.1) is 28.7 Å². The fourth-order valence-electron chi connectivity index (χ4n) is 9.99. The van der Waals surface area contributed by atoms with E-state index in [2.05, 4.69) is 175 Å². The van der Waals surface area contributed by atoms with Crippen molar-refractivity contribution in [3.63, 3.8) is 0 Å². The third-order valence-corrected chi connectivity index (χ3v) is 12.3. The zero-order chi connectivity index (χ0) is 36.3. The minimum absolute atomic E-state index is 0.215. The molecule has 4 aliphatic rings. The summed E-state index contributed by atoms with van der Waals surface area (Å²) >= 11 is 0. The lowest BCUT2D eigenvalue weighted by Crippen LogP contribution is -2.31. The van der Waals surface area contributed by atoms with E-state index in [0.717, 1.165) is 24.9 Å². The van der Waals surface area contributed by atoms with E-state index in [1.165, 1.54) is 66.6 Å². The van der Waals surface area contributed by atoms with Gasteiger partial charge in [0.1, 0.15) is 0 Å². The van der Waals surface area contributed by atoms with Crippen molar-refractivity contribution in [1.29, 1.82) is 5.26 Å². The highest BCUT2D eigenvalue weighted by molar-refractivity contribution is 6.12. The Labute approximate surface area is 318 Å². The highest BCUT2D eigenvalue weighted by atomic mass is 15.2. The summed E-state index contributed by atoms with van der Waals surface area (Å²) in [4.78, 5) is 2.50. The molecule has 262 valence electrons. The molecule has 0 radical (unpaired) electrons. The third-order valence-electron chi connectivity index (χ3n) is 12.3. The molecule has 0 N–H and O–H groups in total. The van der Waals surface area contributed by atoms with Crippen LogP contribution >= 0.6 is 0 Å². The highest BCUT2D eigenvalue weighted by Gasteiger charge is 2.42. The monoisotopic (exact) mass is 697 g/mol. The molecule has 54 heavy (non-hydrogen) atoms. The predicted molar refractivity (Wildman–Crippen MR) is 225 cm³/mol. The molecule has 0 saturated heterocycles. The van der Waals surface area contributed by atoms with Crippen molar-refractivity contribution in [2.24, 2.45) is 17.8 Å². The lowest BCUT2D eigenvalue weighted by atomic mass is 9.72. The van der Waals surface area contributed by atoms with Crippen LogP contribution < -0.4 is 4.90 Å². The Morgan fingerprint density at radius 2 is 1.50 bits per heavy atom. The Bertz CT molecular complexity index is 2660. The standard InChI is InChI=1S/C51H43N3/c1-33-25-27-40(45(29-33)44-22-11-21-43-41-19-8-9-23-47(41)54(51(43)44)36-14-4-3-5-15-36)38-17-6-7-18-39(38)42-20-12-24-49-50(42)46-30-34(2)26-28-48(46)53(49)37-16-10-13-35(31-37)32-52/h3-16,18-28,31,33-34,38,46,48H,17,29-30H2,1-2H3. The zero-order valence-electron chi connectivity index (χ0n) is 30.9. The molecule has 5 atom stereocenters. The van der Waals surface area contributed by atoms with Crippen LogP contribution in [0.3, 0.4) is 0 Å². The van der Waals surface area contributed by atoms with Crippen molar-refractivity contribution >= 4 is 44.3 Å². The Morgan fingerprint density at radius 1 is 0.722 bits per heavy atom. The molecule has 2 heterocycles. The number of benzene rings is 5. The smallest absolute Gasteiger partial charge is 0.0992 e. The van der Waals surface area contributed by atoms with E-state index in [-0.39, 0.29) is 12.0 Å². The molecule has 0 saturated carbocycles. The predicted octanol–water partition coefficient (Wildman–Crippen LogP) is 12.9. The van der Waals surface area contributed by atoms with Crippen molar-refractivity contribution in [2.45, 2.75) is 45.1 Å². The molecule has 5 unspecified atom stereocenters. The van der Waals surface area contributed by atoms with Crippen molar-refractivity contribution in [2.75, 3.05) is 4.90 Å². The maximum Gasteiger partial charge on any atom is 0.0992 e. The van der Waals surface area contributed by atoms with Crippen LogP contribution in [0, 0.1) is 29.1 Å². The number of para-hydroxylation sites is 3. The number of nitriles is 1. The van der Waals surface area contributed by atoms with Gasteiger partial charge in [0.25, 0.3) is 0 Å². The zero-order valence-corrected chi connectivity index (χ0v) is 30.9. The Morgan fingerprint density at radius 3 is 2.39 bits per heavy atom. The normalized spacial score (nSPS) is 23.1. The lowest BCUT2D eigenvalue weighted by molar-refractivity contribution is 0.489. The first-order valence-corrected chi connectivity index (χ1v) is 19.6. The van der Waals surface area contributed by atoms with E-state index >= 15 is 0 Å². The van der Waals surface area contributed by atoms with Gasteiger partial charge >= 0.3 is 0 Å². The van der Waals surface area contributed by atoms with Gasteiger partial charge < -0.3 is 9.47 Å². The molecule has 3 aliphatic carbocycles. The van der Waals surface area contributed by atoms with Gasteiger partial charge in [-0.3, -0.25) is 0 Å². The van der Waals surface area contributed by atoms with E-state index in [1.54, 1.807) is 0 Å². The van der Waals surface area contributed by atoms with E-state index in [4.69, 9.17) is 0 Å². The number of nitrogens with zero attached hydrogens (tertiary/aromatic N) is 3. The minimum atomic E-state index is 0.215. The highest BCUT2D eigenvalue weighted by Crippen LogP contribution is 2.55. The van der Waals surface area contributed by atoms with Gasteiger partial charge in [-0.25, -0.2) is 0 Å². The molecular weight excluding hydrogens is 655 g/mol. The van der Waals surface area contributed by atoms with Gasteiger partial charge in [0.2, 0.25) is 0 Å². The molecule has 10 rings (SSSR count). The molecule has 0 fully saturated rings. The average molecular weight is 698 g/mol. The summed E-state index contributed by atoms with van der Waals surface area (Å²) < 4.78 is 2.49. The second-order valence-corrected chi connectivity index (χ2v) is 15.7. The molecule has 0 spiro atoms. The van der Waals surface area contributed by atoms with Gasteiger partial charge in [0.15, 0.2) is 0 Å². The van der Waals surface area contributed by atoms with Gasteiger partial charge in [-0.1, -0.05) is 129 Å². The van der Waals surface area contributed by atoms with Crippen molar-refractivity contribution < 1.29 is 0 Å². The van der Waals surface area contributed by atoms with Crippen LogP contribution in [0.4, 0.5) is 11.4 Å². The molecule has 0 bridgehead atoms. The summed E-state index contributed by atoms with van der Waals surface area (Å²) in [5.41, 5.74) is 15.2. The summed E-state index contributed by atoms with van der Waals surface area (Å²) in [6.07, 6.45) is 19.8. The van der Waals surface area contributed by atoms with Crippen LogP contribution in [0.2, 0.25) is 0 Å². The summed E-state index contributed by atoms with van der Waals surface area (Å²) in [5.74, 6) is 1.52. The number of anilines is 2. The number of aromatic nitrogens is 1. The summed E-state index contributed by atoms with van der Waals surface area (Å²) in [5, 5.41) is 12.4. The number of fused-ring (bicyclic) bond motifs is 6. The molecule has 1 aliphatic heterocycles. The number of hydrogen-bond donors (Lipinski definition) is 0. The van der Waals surface area contributed by atoms with E-state index < -0.39 is 0 Å². The van der Waals surface area contributed by atoms with Gasteiger partial charge in [0, 0.05) is 45.2 Å². The van der Waals surface area contributed by atoms with Crippen LogP contribution in [-0.2, 0) is 0 Å². The van der Waals surface area contributed by atoms with Crippen LogP contribution in [0.25, 0.3) is 38.6 Å². The average Bonchev–Trinajstić information content (AvgIpc) is 3.74. The first-order valence-electron chi connectivity index (χ1n) is 19.6. The quantitative estimate of drug-likeness (QED) is 0.168. The van der Waals surface area contributed by atoms with Crippen molar-refractivity contribution in [3.8, 4) is 11.8 Å². The molecule has 3 nitrogen and oxygen atoms in total. The molecule has 5 aromatic carbocycles. The van der Waals surface area contributed by atoms with Gasteiger partial charge in [-0.2, -0.15) is 5.26 Å². The largest absolute Gasteiger partial charge is 0.334 e. The summed E-state index contributed by atoms with van der Waals surface area (Å²) in [6.45, 7) is 4.70. The molecule has 6 aromatic rings. The fraction of sp³-hybridized carbons (Fsp3) is 0.196. The van der Waals surface area contributed by atoms with E-state index in [1.807, 2.05) is 12.1 Å². The first kappa shape index (κ1) is 32.5. The topological polar surface area (TPSA) is 32.0 Å². The van der Waals surface area contributed by atoms with Gasteiger partial charge in [-0.05, 0) is 101 Å². The Hall–Kier alpha value is -6.11. The van der Waals surface area contributed by atoms with Crippen LogP contribution in [-0.4, -0.2) is 10.6 Å². The number of hydrogen-bond acceptors (Lipinski definition) is 2. The molecule has 0 amide bonds. The SMILES string of the molecule is CC1C=CC(C2CC=CC=C2c2cccc3c2C2CC(C)C=CC2N3c2cccc(C#N)c2)=C(c2cccc3c4ccccc4n(-c4ccccc4)c23)C1. The maximum absolute atomic E-state index is 9.82. The van der Waals surface area contributed by atoms with Crippen molar-refractivity contribution in [3.05, 3.63) is 186 Å². The van der Waals surface area contributed by atoms with E-state index in [0.29, 0.717) is 23.3 Å². The van der Waals surface area contributed by atoms with Crippen LogP contribution in [0.5, 0.6) is 0 Å². The Balaban J connectivity index is 1.17. The third kappa shape index (κ3) is 5.16. The summed E-state index contributed by atoms with van der Waals surface area (Å²) in [6, 6.07) is 44.3. The van der Waals surface area contributed by atoms with Crippen molar-refractivity contribution in [1.82, 2.24) is 4.57 Å². The maximum atomic E-state index is 9.82. The first-order chi connectivity index (χ1) is 26.6. The molecule has 1 aromatic heterocycles. The summed E-state index contributed by atoms with van der Waals surface area (Å²) in [7, 11) is 0. The second kappa shape index (κ2) is 13.1. The lowest BCUT2D eigenvalue weighted by Gasteiger charge is -2.33. The van der Waals surface area contributed by atoms with Gasteiger partial charge in [-0.15, -0.1) is 0 Å².